The fraction of sp³-hybridized carbons (Fsp3) is 0.273. The van der Waals surface area contributed by atoms with E-state index in [0.29, 0.717) is 0 Å². The second kappa shape index (κ2) is 6.36. The van der Waals surface area contributed by atoms with E-state index in [1.807, 2.05) is 12.2 Å². The molecule has 3 rings (SSSR count). The summed E-state index contributed by atoms with van der Waals surface area (Å²) in [6.07, 6.45) is 20.9. The first-order valence-electron chi connectivity index (χ1n) is 8.17. The lowest BCUT2D eigenvalue weighted by atomic mass is 9.78. The molecule has 0 fully saturated rings. The van der Waals surface area contributed by atoms with Crippen molar-refractivity contribution in [3.05, 3.63) is 94.7 Å². The molecule has 0 aromatic heterocycles. The molecule has 0 aromatic carbocycles. The molecule has 3 aliphatic rings. The topological polar surface area (TPSA) is 0 Å². The minimum absolute atomic E-state index is 1.02. The summed E-state index contributed by atoms with van der Waals surface area (Å²) in [5, 5.41) is 0. The normalized spacial score (nSPS) is 22.0. The van der Waals surface area contributed by atoms with Crippen LogP contribution >= 0.6 is 0 Å². The Balaban J connectivity index is 1.95. The molecule has 0 aliphatic heterocycles. The predicted molar refractivity (Wildman–Crippen MR) is 96.6 cm³/mol. The average molecular weight is 288 g/mol. The summed E-state index contributed by atoms with van der Waals surface area (Å²) in [4.78, 5) is 0. The first-order chi connectivity index (χ1) is 10.7. The van der Waals surface area contributed by atoms with Crippen LogP contribution in [0.2, 0.25) is 0 Å². The van der Waals surface area contributed by atoms with E-state index in [0.717, 1.165) is 19.3 Å². The van der Waals surface area contributed by atoms with Gasteiger partial charge in [0.2, 0.25) is 0 Å². The molecule has 0 unspecified atom stereocenters. The summed E-state index contributed by atoms with van der Waals surface area (Å²) in [5.41, 5.74) is 9.93. The summed E-state index contributed by atoms with van der Waals surface area (Å²) in [6.45, 7) is 10.3. The minimum Gasteiger partial charge on any atom is -0.0991 e. The molecule has 3 aliphatic carbocycles. The van der Waals surface area contributed by atoms with Crippen LogP contribution in [-0.2, 0) is 0 Å². The van der Waals surface area contributed by atoms with Crippen LogP contribution in [-0.4, -0.2) is 0 Å². The van der Waals surface area contributed by atoms with Crippen molar-refractivity contribution in [2.24, 2.45) is 0 Å². The maximum absolute atomic E-state index is 4.35. The Kier molecular flexibility index (Phi) is 4.29. The van der Waals surface area contributed by atoms with Crippen LogP contribution in [0.4, 0.5) is 0 Å². The maximum Gasteiger partial charge on any atom is -0.00230 e. The molecule has 0 atom stereocenters. The third-order valence-corrected chi connectivity index (χ3v) is 4.73. The monoisotopic (exact) mass is 288 g/mol. The highest BCUT2D eigenvalue weighted by Crippen LogP contribution is 2.40. The van der Waals surface area contributed by atoms with E-state index in [1.165, 1.54) is 51.9 Å². The molecule has 0 radical (unpaired) electrons. The molecule has 0 nitrogen and oxygen atoms in total. The lowest BCUT2D eigenvalue weighted by molar-refractivity contribution is 0.888. The van der Waals surface area contributed by atoms with Gasteiger partial charge in [-0.15, -0.1) is 0 Å². The predicted octanol–water partition coefficient (Wildman–Crippen LogP) is 6.30. The van der Waals surface area contributed by atoms with Crippen LogP contribution in [0.15, 0.2) is 94.7 Å². The van der Waals surface area contributed by atoms with Gasteiger partial charge in [0.15, 0.2) is 0 Å². The lowest BCUT2D eigenvalue weighted by Gasteiger charge is -2.27. The van der Waals surface area contributed by atoms with Crippen LogP contribution in [0.5, 0.6) is 0 Å². The third-order valence-electron chi connectivity index (χ3n) is 4.73. The van der Waals surface area contributed by atoms with E-state index < -0.39 is 0 Å². The van der Waals surface area contributed by atoms with Crippen molar-refractivity contribution >= 4 is 0 Å². The van der Waals surface area contributed by atoms with Crippen molar-refractivity contribution < 1.29 is 0 Å². The van der Waals surface area contributed by atoms with E-state index in [1.54, 1.807) is 0 Å². The Morgan fingerprint density at radius 2 is 1.95 bits per heavy atom. The zero-order valence-electron chi connectivity index (χ0n) is 13.5. The minimum atomic E-state index is 1.02. The van der Waals surface area contributed by atoms with Gasteiger partial charge in [-0.1, -0.05) is 55.7 Å². The Morgan fingerprint density at radius 1 is 1.09 bits per heavy atom. The summed E-state index contributed by atoms with van der Waals surface area (Å²) >= 11 is 0. The quantitative estimate of drug-likeness (QED) is 0.535. The second-order valence-electron chi connectivity index (χ2n) is 6.31. The van der Waals surface area contributed by atoms with E-state index in [9.17, 15) is 0 Å². The Labute approximate surface area is 134 Å². The fourth-order valence-electron chi connectivity index (χ4n) is 3.55. The van der Waals surface area contributed by atoms with Gasteiger partial charge in [-0.25, -0.2) is 0 Å². The largest absolute Gasteiger partial charge is 0.0991 e. The first kappa shape index (κ1) is 14.8. The summed E-state index contributed by atoms with van der Waals surface area (Å²) in [6, 6.07) is 0. The number of rotatable bonds is 3. The van der Waals surface area contributed by atoms with Crippen LogP contribution in [0.1, 0.15) is 39.0 Å². The van der Waals surface area contributed by atoms with Crippen molar-refractivity contribution in [1.82, 2.24) is 0 Å². The Hall–Kier alpha value is -2.08. The van der Waals surface area contributed by atoms with Gasteiger partial charge in [-0.3, -0.25) is 0 Å². The standard InChI is InChI=1S/C22H24/c1-4-5-8-18-11-12-21(16(2)13-18)22-15-20-10-7-6-9-19(20)14-17(22)3/h4-6,8-9,13,15H,1,3,7,10-12,14H2,2H3/b8-5-. The Bertz CT molecular complexity index is 696. The van der Waals surface area contributed by atoms with E-state index in [-0.39, 0.29) is 0 Å². The molecule has 0 N–H and O–H groups in total. The molecule has 0 saturated carbocycles. The van der Waals surface area contributed by atoms with Crippen molar-refractivity contribution in [3.8, 4) is 0 Å². The highest BCUT2D eigenvalue weighted by Gasteiger charge is 2.21. The first-order valence-corrected chi connectivity index (χ1v) is 8.17. The molecule has 0 aromatic rings. The van der Waals surface area contributed by atoms with E-state index in [2.05, 4.69) is 50.5 Å². The van der Waals surface area contributed by atoms with Gasteiger partial charge >= 0.3 is 0 Å². The van der Waals surface area contributed by atoms with E-state index >= 15 is 0 Å². The highest BCUT2D eigenvalue weighted by molar-refractivity contribution is 5.60. The molecule has 0 heteroatoms. The molecular formula is C22H24. The highest BCUT2D eigenvalue weighted by atomic mass is 14.3. The van der Waals surface area contributed by atoms with Gasteiger partial charge in [-0.05, 0) is 78.0 Å². The third kappa shape index (κ3) is 2.92. The SMILES string of the molecule is C=C/C=C\C1=CC(C)=C(C2=CC3=C(C=CCC3)CC2=C)CC1. The van der Waals surface area contributed by atoms with Crippen molar-refractivity contribution in [1.29, 1.82) is 0 Å². The van der Waals surface area contributed by atoms with Gasteiger partial charge in [-0.2, -0.15) is 0 Å². The van der Waals surface area contributed by atoms with Gasteiger partial charge in [0.25, 0.3) is 0 Å². The smallest absolute Gasteiger partial charge is 0.00230 e. The number of hydrogen-bond donors (Lipinski definition) is 0. The summed E-state index contributed by atoms with van der Waals surface area (Å²) in [7, 11) is 0. The summed E-state index contributed by atoms with van der Waals surface area (Å²) in [5.74, 6) is 0. The summed E-state index contributed by atoms with van der Waals surface area (Å²) < 4.78 is 0. The Morgan fingerprint density at radius 3 is 2.73 bits per heavy atom. The lowest BCUT2D eigenvalue weighted by Crippen LogP contribution is -2.08. The molecular weight excluding hydrogens is 264 g/mol. The molecule has 0 spiro atoms. The van der Waals surface area contributed by atoms with Crippen LogP contribution in [0.25, 0.3) is 0 Å². The zero-order valence-corrected chi connectivity index (χ0v) is 13.5. The van der Waals surface area contributed by atoms with Crippen molar-refractivity contribution in [3.63, 3.8) is 0 Å². The molecule has 0 bridgehead atoms. The molecule has 0 saturated heterocycles. The molecule has 0 amide bonds. The zero-order chi connectivity index (χ0) is 15.5. The van der Waals surface area contributed by atoms with Crippen LogP contribution in [0, 0.1) is 0 Å². The number of allylic oxidation sites excluding steroid dienone is 14. The fourth-order valence-corrected chi connectivity index (χ4v) is 3.55. The van der Waals surface area contributed by atoms with E-state index in [4.69, 9.17) is 0 Å². The second-order valence-corrected chi connectivity index (χ2v) is 6.31. The van der Waals surface area contributed by atoms with Crippen LogP contribution < -0.4 is 0 Å². The van der Waals surface area contributed by atoms with Gasteiger partial charge in [0.05, 0.1) is 0 Å². The average Bonchev–Trinajstić information content (AvgIpc) is 2.53. The molecule has 112 valence electrons. The molecule has 0 heterocycles. The van der Waals surface area contributed by atoms with Gasteiger partial charge in [0.1, 0.15) is 0 Å². The van der Waals surface area contributed by atoms with Crippen LogP contribution in [0.3, 0.4) is 0 Å². The van der Waals surface area contributed by atoms with Crippen molar-refractivity contribution in [2.75, 3.05) is 0 Å². The number of hydrogen-bond acceptors (Lipinski definition) is 0. The van der Waals surface area contributed by atoms with Crippen molar-refractivity contribution in [2.45, 2.75) is 39.0 Å². The molecule has 22 heavy (non-hydrogen) atoms. The van der Waals surface area contributed by atoms with Gasteiger partial charge < -0.3 is 0 Å². The maximum atomic E-state index is 4.35. The van der Waals surface area contributed by atoms with Gasteiger partial charge in [0, 0.05) is 0 Å².